The summed E-state index contributed by atoms with van der Waals surface area (Å²) in [6, 6.07) is 9.21. The first-order valence-corrected chi connectivity index (χ1v) is 8.40. The number of rotatable bonds is 6. The molecule has 0 amide bonds. The van der Waals surface area contributed by atoms with Gasteiger partial charge in [-0.2, -0.15) is 0 Å². The van der Waals surface area contributed by atoms with Gasteiger partial charge >= 0.3 is 5.69 Å². The molecule has 0 spiro atoms. The monoisotopic (exact) mass is 403 g/mol. The van der Waals surface area contributed by atoms with Crippen molar-refractivity contribution in [3.8, 4) is 5.75 Å². The van der Waals surface area contributed by atoms with Crippen molar-refractivity contribution < 1.29 is 14.1 Å². The average Bonchev–Trinajstić information content (AvgIpc) is 2.65. The summed E-state index contributed by atoms with van der Waals surface area (Å²) in [5, 5.41) is 17.3. The van der Waals surface area contributed by atoms with Crippen LogP contribution in [-0.2, 0) is 0 Å². The third-order valence-corrected chi connectivity index (χ3v) is 4.08. The van der Waals surface area contributed by atoms with Crippen LogP contribution in [0.1, 0.15) is 5.56 Å². The maximum Gasteiger partial charge on any atom is 0.353 e. The Kier molecular flexibility index (Phi) is 5.55. The minimum absolute atomic E-state index is 0.0281. The number of nitrogens with zero attached hydrogens (tertiary/aromatic N) is 3. The van der Waals surface area contributed by atoms with Gasteiger partial charge in [-0.15, -0.1) is 0 Å². The van der Waals surface area contributed by atoms with Crippen molar-refractivity contribution in [2.45, 2.75) is 6.92 Å². The number of anilines is 4. The first-order valence-electron chi connectivity index (χ1n) is 8.02. The topological polar surface area (TPSA) is 102 Å². The van der Waals surface area contributed by atoms with Crippen molar-refractivity contribution in [2.75, 3.05) is 17.7 Å². The molecule has 0 saturated carbocycles. The lowest BCUT2D eigenvalue weighted by Gasteiger charge is -2.13. The predicted octanol–water partition coefficient (Wildman–Crippen LogP) is 4.98. The van der Waals surface area contributed by atoms with E-state index in [0.717, 1.165) is 11.6 Å². The van der Waals surface area contributed by atoms with Crippen LogP contribution in [0.15, 0.2) is 42.7 Å². The molecule has 0 bridgehead atoms. The summed E-state index contributed by atoms with van der Waals surface area (Å²) in [6.45, 7) is 1.88. The van der Waals surface area contributed by atoms with Crippen LogP contribution in [0, 0.1) is 22.9 Å². The number of hydrogen-bond donors (Lipinski definition) is 2. The summed E-state index contributed by atoms with van der Waals surface area (Å²) in [6.07, 6.45) is 1.17. The van der Waals surface area contributed by atoms with E-state index in [1.54, 1.807) is 12.1 Å². The molecule has 28 heavy (non-hydrogen) atoms. The van der Waals surface area contributed by atoms with Crippen LogP contribution in [0.4, 0.5) is 33.1 Å². The molecule has 0 atom stereocenters. The van der Waals surface area contributed by atoms with Crippen molar-refractivity contribution >= 4 is 40.3 Å². The lowest BCUT2D eigenvalue weighted by Crippen LogP contribution is -2.06. The van der Waals surface area contributed by atoms with Gasteiger partial charge in [-0.3, -0.25) is 10.1 Å². The van der Waals surface area contributed by atoms with E-state index in [1.807, 2.05) is 13.0 Å². The van der Waals surface area contributed by atoms with Crippen molar-refractivity contribution in [3.05, 3.63) is 69.2 Å². The summed E-state index contributed by atoms with van der Waals surface area (Å²) < 4.78 is 18.6. The highest BCUT2D eigenvalue weighted by atomic mass is 35.5. The molecule has 144 valence electrons. The Morgan fingerprint density at radius 1 is 1.14 bits per heavy atom. The molecule has 10 heteroatoms. The fourth-order valence-electron chi connectivity index (χ4n) is 2.49. The molecule has 3 rings (SSSR count). The normalized spacial score (nSPS) is 10.4. The Bertz CT molecular complexity index is 1050. The molecule has 2 N–H and O–H groups in total. The van der Waals surface area contributed by atoms with Crippen LogP contribution < -0.4 is 15.4 Å². The third-order valence-electron chi connectivity index (χ3n) is 3.80. The van der Waals surface area contributed by atoms with Gasteiger partial charge in [0.25, 0.3) is 0 Å². The Hall–Kier alpha value is -3.46. The Morgan fingerprint density at radius 2 is 1.86 bits per heavy atom. The van der Waals surface area contributed by atoms with Crippen molar-refractivity contribution in [3.63, 3.8) is 0 Å². The second kappa shape index (κ2) is 8.05. The van der Waals surface area contributed by atoms with Crippen molar-refractivity contribution in [1.82, 2.24) is 9.97 Å². The molecule has 3 aromatic rings. The van der Waals surface area contributed by atoms with E-state index in [2.05, 4.69) is 20.6 Å². The van der Waals surface area contributed by atoms with E-state index < -0.39 is 10.7 Å². The van der Waals surface area contributed by atoms with Gasteiger partial charge < -0.3 is 15.4 Å². The lowest BCUT2D eigenvalue weighted by atomic mass is 10.2. The standard InChI is InChI=1S/C18H15ClFN5O3/c1-10-3-6-15(28-2)14(7-10)24-18-16(25(26)27)17(21-9-22-18)23-11-4-5-13(20)12(19)8-11/h3-9H,1-2H3,(H2,21,22,23,24). The number of ether oxygens (including phenoxy) is 1. The first-order chi connectivity index (χ1) is 13.4. The van der Waals surface area contributed by atoms with Gasteiger partial charge in [-0.05, 0) is 42.8 Å². The average molecular weight is 404 g/mol. The fraction of sp³-hybridized carbons (Fsp3) is 0.111. The number of halogens is 2. The molecule has 0 saturated heterocycles. The highest BCUT2D eigenvalue weighted by molar-refractivity contribution is 6.31. The van der Waals surface area contributed by atoms with Crippen LogP contribution in [-0.4, -0.2) is 22.0 Å². The molecule has 0 fully saturated rings. The Labute approximate surface area is 164 Å². The molecule has 0 radical (unpaired) electrons. The predicted molar refractivity (Wildman–Crippen MR) is 104 cm³/mol. The summed E-state index contributed by atoms with van der Waals surface area (Å²) in [7, 11) is 1.50. The maximum atomic E-state index is 13.3. The largest absolute Gasteiger partial charge is 0.495 e. The third kappa shape index (κ3) is 4.09. The van der Waals surface area contributed by atoms with Crippen LogP contribution in [0.5, 0.6) is 5.75 Å². The quantitative estimate of drug-likeness (QED) is 0.442. The number of nitro groups is 1. The number of nitrogens with one attached hydrogen (secondary N) is 2. The first kappa shape index (κ1) is 19.3. The van der Waals surface area contributed by atoms with Gasteiger partial charge in [-0.25, -0.2) is 14.4 Å². The van der Waals surface area contributed by atoms with E-state index in [0.29, 0.717) is 17.1 Å². The summed E-state index contributed by atoms with van der Waals surface area (Å²) in [5.74, 6) is -0.201. The minimum Gasteiger partial charge on any atom is -0.495 e. The number of aromatic nitrogens is 2. The van der Waals surface area contributed by atoms with Crippen LogP contribution >= 0.6 is 11.6 Å². The summed E-state index contributed by atoms with van der Waals surface area (Å²) >= 11 is 5.76. The van der Waals surface area contributed by atoms with E-state index in [1.165, 1.54) is 25.6 Å². The van der Waals surface area contributed by atoms with Gasteiger partial charge in [-0.1, -0.05) is 17.7 Å². The second-order valence-corrected chi connectivity index (χ2v) is 6.17. The Balaban J connectivity index is 2.01. The molecule has 0 aliphatic heterocycles. The molecular weight excluding hydrogens is 389 g/mol. The highest BCUT2D eigenvalue weighted by Gasteiger charge is 2.24. The highest BCUT2D eigenvalue weighted by Crippen LogP contribution is 2.36. The van der Waals surface area contributed by atoms with E-state index in [-0.39, 0.29) is 22.3 Å². The van der Waals surface area contributed by atoms with E-state index >= 15 is 0 Å². The Morgan fingerprint density at radius 3 is 2.50 bits per heavy atom. The number of aryl methyl sites for hydroxylation is 1. The molecule has 1 heterocycles. The smallest absolute Gasteiger partial charge is 0.353 e. The van der Waals surface area contributed by atoms with Crippen molar-refractivity contribution in [2.24, 2.45) is 0 Å². The van der Waals surface area contributed by atoms with Crippen LogP contribution in [0.25, 0.3) is 0 Å². The van der Waals surface area contributed by atoms with Crippen molar-refractivity contribution in [1.29, 1.82) is 0 Å². The molecule has 0 unspecified atom stereocenters. The van der Waals surface area contributed by atoms with Gasteiger partial charge in [0.15, 0.2) is 0 Å². The molecular formula is C18H15ClFN5O3. The molecule has 0 aliphatic carbocycles. The SMILES string of the molecule is COc1ccc(C)cc1Nc1ncnc(Nc2ccc(F)c(Cl)c2)c1[N+](=O)[O-]. The van der Waals surface area contributed by atoms with Crippen LogP contribution in [0.3, 0.4) is 0 Å². The lowest BCUT2D eigenvalue weighted by molar-refractivity contribution is -0.383. The fourth-order valence-corrected chi connectivity index (χ4v) is 2.67. The molecule has 2 aromatic carbocycles. The van der Waals surface area contributed by atoms with E-state index in [4.69, 9.17) is 16.3 Å². The zero-order valence-electron chi connectivity index (χ0n) is 14.9. The molecule has 1 aromatic heterocycles. The maximum absolute atomic E-state index is 13.3. The number of methoxy groups -OCH3 is 1. The van der Waals surface area contributed by atoms with Gasteiger partial charge in [0.2, 0.25) is 11.6 Å². The number of benzene rings is 2. The second-order valence-electron chi connectivity index (χ2n) is 5.76. The molecule has 8 nitrogen and oxygen atoms in total. The number of hydrogen-bond acceptors (Lipinski definition) is 7. The zero-order chi connectivity index (χ0) is 20.3. The van der Waals surface area contributed by atoms with E-state index in [9.17, 15) is 14.5 Å². The molecule has 0 aliphatic rings. The minimum atomic E-state index is -0.613. The van der Waals surface area contributed by atoms with Gasteiger partial charge in [0, 0.05) is 5.69 Å². The summed E-state index contributed by atoms with van der Waals surface area (Å²) in [4.78, 5) is 19.0. The van der Waals surface area contributed by atoms with Crippen LogP contribution in [0.2, 0.25) is 5.02 Å². The van der Waals surface area contributed by atoms with Gasteiger partial charge in [0.1, 0.15) is 17.9 Å². The zero-order valence-corrected chi connectivity index (χ0v) is 15.6. The summed E-state index contributed by atoms with van der Waals surface area (Å²) in [5.41, 5.74) is 1.40. The van der Waals surface area contributed by atoms with Gasteiger partial charge in [0.05, 0.1) is 22.7 Å².